The first-order valence-corrected chi connectivity index (χ1v) is 5.33. The number of nitrogens with zero attached hydrogens (tertiary/aromatic N) is 2. The van der Waals surface area contributed by atoms with Gasteiger partial charge in [0.05, 0.1) is 0 Å². The predicted octanol–water partition coefficient (Wildman–Crippen LogP) is 1.96. The normalized spacial score (nSPS) is 10.3. The van der Waals surface area contributed by atoms with E-state index in [4.69, 9.17) is 14.4 Å². The van der Waals surface area contributed by atoms with Gasteiger partial charge in [0.1, 0.15) is 11.3 Å². The fraction of sp³-hybridized carbons (Fsp3) is 0.250. The Hall–Kier alpha value is -2.37. The SMILES string of the molecule is Cc1noc(COc2c(C)cccc2C(=O)O)n1. The highest BCUT2D eigenvalue weighted by Crippen LogP contribution is 2.24. The third-order valence-corrected chi connectivity index (χ3v) is 2.35. The molecule has 0 aliphatic heterocycles. The molecule has 0 amide bonds. The van der Waals surface area contributed by atoms with Crippen LogP contribution in [0.3, 0.4) is 0 Å². The van der Waals surface area contributed by atoms with Gasteiger partial charge in [-0.25, -0.2) is 4.79 Å². The maximum atomic E-state index is 11.1. The van der Waals surface area contributed by atoms with Crippen LogP contribution in [0.1, 0.15) is 27.6 Å². The van der Waals surface area contributed by atoms with Crippen LogP contribution in [0.2, 0.25) is 0 Å². The minimum absolute atomic E-state index is 0.0476. The van der Waals surface area contributed by atoms with E-state index in [0.717, 1.165) is 5.56 Å². The molecular formula is C12H12N2O4. The van der Waals surface area contributed by atoms with E-state index in [2.05, 4.69) is 10.1 Å². The molecule has 1 aromatic carbocycles. The molecule has 18 heavy (non-hydrogen) atoms. The van der Waals surface area contributed by atoms with Crippen molar-refractivity contribution in [3.05, 3.63) is 41.0 Å². The number of carboxylic acids is 1. The van der Waals surface area contributed by atoms with E-state index in [1.54, 1.807) is 26.0 Å². The van der Waals surface area contributed by atoms with Gasteiger partial charge in [0.2, 0.25) is 0 Å². The number of para-hydroxylation sites is 1. The summed E-state index contributed by atoms with van der Waals surface area (Å²) in [4.78, 5) is 15.0. The summed E-state index contributed by atoms with van der Waals surface area (Å²) in [5.74, 6) is 0.111. The molecule has 0 radical (unpaired) electrons. The van der Waals surface area contributed by atoms with Crippen molar-refractivity contribution in [3.63, 3.8) is 0 Å². The lowest BCUT2D eigenvalue weighted by Crippen LogP contribution is -2.05. The van der Waals surface area contributed by atoms with Crippen LogP contribution in [0.15, 0.2) is 22.7 Å². The monoisotopic (exact) mass is 248 g/mol. The summed E-state index contributed by atoms with van der Waals surface area (Å²) in [6, 6.07) is 4.94. The molecular weight excluding hydrogens is 236 g/mol. The van der Waals surface area contributed by atoms with Gasteiger partial charge in [0, 0.05) is 0 Å². The van der Waals surface area contributed by atoms with Crippen molar-refractivity contribution in [1.29, 1.82) is 0 Å². The molecule has 0 fully saturated rings. The van der Waals surface area contributed by atoms with E-state index in [0.29, 0.717) is 17.5 Å². The van der Waals surface area contributed by atoms with Crippen molar-refractivity contribution in [2.24, 2.45) is 0 Å². The summed E-state index contributed by atoms with van der Waals surface area (Å²) in [5, 5.41) is 12.7. The van der Waals surface area contributed by atoms with Crippen molar-refractivity contribution in [2.75, 3.05) is 0 Å². The summed E-state index contributed by atoms with van der Waals surface area (Å²) in [6.07, 6.45) is 0. The van der Waals surface area contributed by atoms with Crippen LogP contribution in [-0.4, -0.2) is 21.2 Å². The van der Waals surface area contributed by atoms with Crippen LogP contribution in [0, 0.1) is 13.8 Å². The molecule has 0 saturated carbocycles. The maximum Gasteiger partial charge on any atom is 0.339 e. The molecule has 0 saturated heterocycles. The van der Waals surface area contributed by atoms with Gasteiger partial charge in [0.25, 0.3) is 5.89 Å². The van der Waals surface area contributed by atoms with Gasteiger partial charge in [-0.05, 0) is 25.5 Å². The highest BCUT2D eigenvalue weighted by Gasteiger charge is 2.14. The first kappa shape index (κ1) is 12.1. The van der Waals surface area contributed by atoms with Crippen LogP contribution in [-0.2, 0) is 6.61 Å². The van der Waals surface area contributed by atoms with Crippen molar-refractivity contribution in [3.8, 4) is 5.75 Å². The second-order valence-corrected chi connectivity index (χ2v) is 3.78. The Kier molecular flexibility index (Phi) is 3.27. The van der Waals surface area contributed by atoms with Crippen molar-refractivity contribution in [2.45, 2.75) is 20.5 Å². The number of rotatable bonds is 4. The first-order chi connectivity index (χ1) is 8.58. The number of aryl methyl sites for hydroxylation is 2. The van der Waals surface area contributed by atoms with Gasteiger partial charge in [0.15, 0.2) is 12.4 Å². The van der Waals surface area contributed by atoms with E-state index in [1.165, 1.54) is 6.07 Å². The average molecular weight is 248 g/mol. The van der Waals surface area contributed by atoms with E-state index >= 15 is 0 Å². The Morgan fingerprint density at radius 1 is 1.44 bits per heavy atom. The molecule has 0 bridgehead atoms. The van der Waals surface area contributed by atoms with Gasteiger partial charge >= 0.3 is 5.97 Å². The molecule has 0 spiro atoms. The van der Waals surface area contributed by atoms with Crippen LogP contribution >= 0.6 is 0 Å². The molecule has 6 heteroatoms. The predicted molar refractivity (Wildman–Crippen MR) is 61.5 cm³/mol. The van der Waals surface area contributed by atoms with E-state index in [-0.39, 0.29) is 12.2 Å². The fourth-order valence-electron chi connectivity index (χ4n) is 1.55. The Balaban J connectivity index is 2.20. The number of hydrogen-bond acceptors (Lipinski definition) is 5. The number of carboxylic acid groups (broad SMARTS) is 1. The quantitative estimate of drug-likeness (QED) is 0.890. The van der Waals surface area contributed by atoms with E-state index < -0.39 is 5.97 Å². The third kappa shape index (κ3) is 2.48. The zero-order valence-electron chi connectivity index (χ0n) is 10.0. The number of aromatic nitrogens is 2. The molecule has 6 nitrogen and oxygen atoms in total. The van der Waals surface area contributed by atoms with Gasteiger partial charge in [-0.1, -0.05) is 17.3 Å². The minimum atomic E-state index is -1.03. The zero-order valence-corrected chi connectivity index (χ0v) is 10.0. The Bertz CT molecular complexity index is 577. The van der Waals surface area contributed by atoms with Crippen molar-refractivity contribution >= 4 is 5.97 Å². The number of ether oxygens (including phenoxy) is 1. The molecule has 1 aromatic heterocycles. The molecule has 1 heterocycles. The van der Waals surface area contributed by atoms with E-state index in [9.17, 15) is 4.79 Å². The minimum Gasteiger partial charge on any atom is -0.483 e. The average Bonchev–Trinajstić information content (AvgIpc) is 2.73. The summed E-state index contributed by atoms with van der Waals surface area (Å²) in [7, 11) is 0. The van der Waals surface area contributed by atoms with Crippen LogP contribution in [0.25, 0.3) is 0 Å². The molecule has 2 rings (SSSR count). The van der Waals surface area contributed by atoms with Crippen molar-refractivity contribution < 1.29 is 19.2 Å². The lowest BCUT2D eigenvalue weighted by atomic mass is 10.1. The number of hydrogen-bond donors (Lipinski definition) is 1. The number of benzene rings is 1. The molecule has 2 aromatic rings. The smallest absolute Gasteiger partial charge is 0.339 e. The second kappa shape index (κ2) is 4.87. The summed E-state index contributed by atoms with van der Waals surface area (Å²) in [6.45, 7) is 3.52. The van der Waals surface area contributed by atoms with Gasteiger partial charge < -0.3 is 14.4 Å². The highest BCUT2D eigenvalue weighted by atomic mass is 16.5. The summed E-state index contributed by atoms with van der Waals surface area (Å²) in [5.41, 5.74) is 0.859. The fourth-order valence-corrected chi connectivity index (χ4v) is 1.55. The van der Waals surface area contributed by atoms with Gasteiger partial charge in [-0.15, -0.1) is 0 Å². The van der Waals surface area contributed by atoms with E-state index in [1.807, 2.05) is 0 Å². The Morgan fingerprint density at radius 2 is 2.22 bits per heavy atom. The molecule has 1 N–H and O–H groups in total. The maximum absolute atomic E-state index is 11.1. The molecule has 0 aliphatic rings. The van der Waals surface area contributed by atoms with Crippen LogP contribution < -0.4 is 4.74 Å². The van der Waals surface area contributed by atoms with Crippen molar-refractivity contribution in [1.82, 2.24) is 10.1 Å². The molecule has 0 aliphatic carbocycles. The molecule has 0 unspecified atom stereocenters. The van der Waals surface area contributed by atoms with Gasteiger partial charge in [-0.3, -0.25) is 0 Å². The summed E-state index contributed by atoms with van der Waals surface area (Å²) >= 11 is 0. The number of carbonyl (C=O) groups is 1. The standard InChI is InChI=1S/C12H12N2O4/c1-7-4-3-5-9(12(15)16)11(7)17-6-10-13-8(2)14-18-10/h3-5H,6H2,1-2H3,(H,15,16). The van der Waals surface area contributed by atoms with Crippen LogP contribution in [0.5, 0.6) is 5.75 Å². The third-order valence-electron chi connectivity index (χ3n) is 2.35. The summed E-state index contributed by atoms with van der Waals surface area (Å²) < 4.78 is 10.3. The highest BCUT2D eigenvalue weighted by molar-refractivity contribution is 5.91. The van der Waals surface area contributed by atoms with Crippen LogP contribution in [0.4, 0.5) is 0 Å². The largest absolute Gasteiger partial charge is 0.483 e. The molecule has 94 valence electrons. The van der Waals surface area contributed by atoms with Gasteiger partial charge in [-0.2, -0.15) is 4.98 Å². The first-order valence-electron chi connectivity index (χ1n) is 5.33. The lowest BCUT2D eigenvalue weighted by Gasteiger charge is -2.09. The topological polar surface area (TPSA) is 85.5 Å². The Labute approximate surface area is 103 Å². The molecule has 0 atom stereocenters. The lowest BCUT2D eigenvalue weighted by molar-refractivity contribution is 0.0690. The zero-order chi connectivity index (χ0) is 13.1. The number of aromatic carboxylic acids is 1. The second-order valence-electron chi connectivity index (χ2n) is 3.78. The Morgan fingerprint density at radius 3 is 2.83 bits per heavy atom.